The lowest BCUT2D eigenvalue weighted by Crippen LogP contribution is -2.60. The zero-order valence-corrected chi connectivity index (χ0v) is 31.5. The van der Waals surface area contributed by atoms with Crippen LogP contribution in [0.15, 0.2) is 52.5 Å². The van der Waals surface area contributed by atoms with Gasteiger partial charge in [-0.1, -0.05) is 11.6 Å². The van der Waals surface area contributed by atoms with Gasteiger partial charge >= 0.3 is 0 Å². The number of nitrogens with zero attached hydrogens (tertiary/aromatic N) is 3. The van der Waals surface area contributed by atoms with Gasteiger partial charge in [0, 0.05) is 24.7 Å². The summed E-state index contributed by atoms with van der Waals surface area (Å²) in [6, 6.07) is 9.39. The number of aromatic hydroxyl groups is 1. The molecule has 6 atom stereocenters. The number of alkyl halides is 2. The summed E-state index contributed by atoms with van der Waals surface area (Å²) in [4.78, 5) is 54.9. The minimum Gasteiger partial charge on any atom is -0.503 e. The topological polar surface area (TPSA) is 117 Å². The Kier molecular flexibility index (Phi) is 9.02. The summed E-state index contributed by atoms with van der Waals surface area (Å²) in [5.74, 6) is -22.1. The Morgan fingerprint density at radius 3 is 2.05 bits per heavy atom. The Morgan fingerprint density at radius 2 is 1.44 bits per heavy atom. The Hall–Kier alpha value is -4.25. The number of allylic oxidation sites excluding steroid dienone is 2. The number of carbonyl (C=O) groups is 4. The molecule has 1 saturated carbocycles. The van der Waals surface area contributed by atoms with Gasteiger partial charge in [0.1, 0.15) is 5.69 Å². The number of halogens is 8. The minimum absolute atomic E-state index is 0.0194. The number of phenolic OH excluding ortho intramolecular Hbond substituents is 1. The van der Waals surface area contributed by atoms with E-state index in [1.54, 1.807) is 30.3 Å². The number of hydrogen-bond donors (Lipinski definition) is 1. The molecule has 55 heavy (non-hydrogen) atoms. The van der Waals surface area contributed by atoms with Crippen LogP contribution < -0.4 is 19.4 Å². The molecule has 288 valence electrons. The number of rotatable bonds is 5. The lowest BCUT2D eigenvalue weighted by molar-refractivity contribution is -0.125. The van der Waals surface area contributed by atoms with E-state index in [9.17, 15) is 37.5 Å². The first-order valence-corrected chi connectivity index (χ1v) is 18.5. The molecule has 0 radical (unpaired) electrons. The number of carbonyl (C=O) groups excluding carboxylic acids is 4. The molecule has 10 nitrogen and oxygen atoms in total. The highest BCUT2D eigenvalue weighted by Gasteiger charge is 2.77. The minimum atomic E-state index is -2.73. The molecule has 0 aromatic heterocycles. The van der Waals surface area contributed by atoms with Crippen molar-refractivity contribution < 1.29 is 55.7 Å². The van der Waals surface area contributed by atoms with Crippen molar-refractivity contribution in [2.45, 2.75) is 28.5 Å². The quantitative estimate of drug-likeness (QED) is 0.0776. The molecule has 3 heterocycles. The van der Waals surface area contributed by atoms with Crippen LogP contribution in [0.25, 0.3) is 0 Å². The van der Waals surface area contributed by atoms with Gasteiger partial charge in [-0.3, -0.25) is 24.1 Å². The lowest BCUT2D eigenvalue weighted by Gasteiger charge is -2.50. The molecule has 1 N–H and O–H groups in total. The monoisotopic (exact) mass is 869 g/mol. The van der Waals surface area contributed by atoms with Crippen LogP contribution in [0.2, 0.25) is 0 Å². The summed E-state index contributed by atoms with van der Waals surface area (Å²) < 4.78 is 84.6. The lowest BCUT2D eigenvalue weighted by atomic mass is 9.56. The Bertz CT molecular complexity index is 2230. The standard InChI is InChI=1S/C37H27BrCl2F5N3O7/c1-54-22-13-15(12-21(38)31(22)49)24-18-6-7-19-23(33(51)47(32(19)50)17-4-2-16(3-5-17)46-8-10-55-11-9-46)20(18)14-36(39)34(52)48(35(53)37(24,36)40)30-28(44)26(42)25(41)27(43)29(30)45/h2-6,12-13,19-20,23-24,49H,7-11,14H2,1H3. The predicted octanol–water partition coefficient (Wildman–Crippen LogP) is 6.46. The van der Waals surface area contributed by atoms with E-state index in [0.717, 1.165) is 10.6 Å². The zero-order valence-electron chi connectivity index (χ0n) is 28.4. The highest BCUT2D eigenvalue weighted by molar-refractivity contribution is 9.10. The van der Waals surface area contributed by atoms with Gasteiger partial charge in [0.25, 0.3) is 11.8 Å². The van der Waals surface area contributed by atoms with E-state index < -0.39 is 98.2 Å². The summed E-state index contributed by atoms with van der Waals surface area (Å²) in [6.45, 7) is 2.38. The number of imide groups is 2. The molecular weight excluding hydrogens is 844 g/mol. The maximum Gasteiger partial charge on any atom is 0.258 e. The molecule has 8 rings (SSSR count). The largest absolute Gasteiger partial charge is 0.503 e. The van der Waals surface area contributed by atoms with Crippen LogP contribution >= 0.6 is 39.1 Å². The van der Waals surface area contributed by atoms with E-state index in [2.05, 4.69) is 20.8 Å². The zero-order chi connectivity index (χ0) is 39.5. The molecule has 2 aliphatic carbocycles. The van der Waals surface area contributed by atoms with Crippen LogP contribution in [-0.2, 0) is 23.9 Å². The van der Waals surface area contributed by atoms with Crippen LogP contribution in [-0.4, -0.2) is 71.9 Å². The van der Waals surface area contributed by atoms with E-state index >= 15 is 8.78 Å². The van der Waals surface area contributed by atoms with Gasteiger partial charge in [-0.15, -0.1) is 23.2 Å². The van der Waals surface area contributed by atoms with E-state index in [0.29, 0.717) is 26.3 Å². The van der Waals surface area contributed by atoms with E-state index in [1.165, 1.54) is 19.2 Å². The second-order valence-corrected chi connectivity index (χ2v) is 16.0. The molecule has 4 amide bonds. The second-order valence-electron chi connectivity index (χ2n) is 13.9. The highest BCUT2D eigenvalue weighted by Crippen LogP contribution is 2.66. The number of methoxy groups -OCH3 is 1. The van der Waals surface area contributed by atoms with Gasteiger partial charge in [-0.25, -0.2) is 26.9 Å². The van der Waals surface area contributed by atoms with Crippen molar-refractivity contribution in [3.05, 3.63) is 87.2 Å². The number of benzene rings is 3. The van der Waals surface area contributed by atoms with E-state index in [4.69, 9.17) is 32.7 Å². The summed E-state index contributed by atoms with van der Waals surface area (Å²) in [6.07, 6.45) is 0.888. The van der Waals surface area contributed by atoms with Crippen molar-refractivity contribution in [2.75, 3.05) is 48.1 Å². The van der Waals surface area contributed by atoms with Crippen molar-refractivity contribution in [2.24, 2.45) is 17.8 Å². The molecule has 4 fully saturated rings. The molecule has 0 spiro atoms. The summed E-state index contributed by atoms with van der Waals surface area (Å²) in [5.41, 5.74) is -0.442. The van der Waals surface area contributed by atoms with Crippen LogP contribution in [0.1, 0.15) is 24.3 Å². The van der Waals surface area contributed by atoms with Crippen LogP contribution in [0, 0.1) is 46.8 Å². The number of amides is 4. The first kappa shape index (κ1) is 37.7. The maximum atomic E-state index is 15.3. The number of morpholine rings is 1. The third-order valence-corrected chi connectivity index (χ3v) is 13.3. The summed E-state index contributed by atoms with van der Waals surface area (Å²) >= 11 is 17.6. The molecule has 5 aliphatic rings. The molecular formula is C37H27BrCl2F5N3O7. The Labute approximate surface area is 327 Å². The number of anilines is 3. The van der Waals surface area contributed by atoms with E-state index in [1.807, 2.05) is 0 Å². The summed E-state index contributed by atoms with van der Waals surface area (Å²) in [7, 11) is 1.22. The van der Waals surface area contributed by atoms with Crippen LogP contribution in [0.3, 0.4) is 0 Å². The van der Waals surface area contributed by atoms with Gasteiger partial charge < -0.3 is 19.5 Å². The van der Waals surface area contributed by atoms with Gasteiger partial charge in [0.15, 0.2) is 44.5 Å². The third-order valence-electron chi connectivity index (χ3n) is 11.3. The van der Waals surface area contributed by atoms with Crippen molar-refractivity contribution in [1.29, 1.82) is 0 Å². The average molecular weight is 871 g/mol. The smallest absolute Gasteiger partial charge is 0.258 e. The fourth-order valence-corrected chi connectivity index (χ4v) is 10.1. The molecule has 6 unspecified atom stereocenters. The molecule has 3 aromatic rings. The van der Waals surface area contributed by atoms with Gasteiger partial charge in [-0.2, -0.15) is 0 Å². The van der Waals surface area contributed by atoms with Crippen molar-refractivity contribution in [1.82, 2.24) is 0 Å². The molecule has 18 heteroatoms. The second kappa shape index (κ2) is 13.2. The number of fused-ring (bicyclic) bond motifs is 4. The fraction of sp³-hybridized carbons (Fsp3) is 0.351. The van der Waals surface area contributed by atoms with Crippen LogP contribution in [0.5, 0.6) is 11.5 Å². The highest BCUT2D eigenvalue weighted by atomic mass is 79.9. The Morgan fingerprint density at radius 1 is 0.836 bits per heavy atom. The normalized spacial score (nSPS) is 29.0. The van der Waals surface area contributed by atoms with Gasteiger partial charge in [-0.05, 0) is 76.7 Å². The predicted molar refractivity (Wildman–Crippen MR) is 191 cm³/mol. The molecule has 3 saturated heterocycles. The SMILES string of the molecule is COc1cc(C2C3=CCC4C(=O)N(c5ccc(N6CCOCC6)cc5)C(=O)C4C3CC3(Cl)C(=O)N(c4c(F)c(F)c(F)c(F)c4F)C(=O)C23Cl)cc(Br)c1O. The number of hydrogen-bond acceptors (Lipinski definition) is 8. The summed E-state index contributed by atoms with van der Waals surface area (Å²) in [5, 5.41) is 10.6. The average Bonchev–Trinajstić information content (AvgIpc) is 3.52. The maximum absolute atomic E-state index is 15.3. The van der Waals surface area contributed by atoms with Crippen molar-refractivity contribution in [3.63, 3.8) is 0 Å². The molecule has 3 aliphatic heterocycles. The number of phenols is 1. The molecule has 3 aromatic carbocycles. The van der Waals surface area contributed by atoms with Gasteiger partial charge in [0.2, 0.25) is 17.6 Å². The van der Waals surface area contributed by atoms with Gasteiger partial charge in [0.05, 0.1) is 42.3 Å². The molecule has 0 bridgehead atoms. The van der Waals surface area contributed by atoms with Crippen molar-refractivity contribution in [3.8, 4) is 11.5 Å². The van der Waals surface area contributed by atoms with Crippen LogP contribution in [0.4, 0.5) is 39.0 Å². The fourth-order valence-electron chi connectivity index (χ4n) is 8.75. The van der Waals surface area contributed by atoms with Crippen molar-refractivity contribution >= 4 is 79.8 Å². The Balaban J connectivity index is 1.27. The first-order valence-electron chi connectivity index (χ1n) is 16.9. The third kappa shape index (κ3) is 5.13. The first-order chi connectivity index (χ1) is 26.1. The van der Waals surface area contributed by atoms with E-state index in [-0.39, 0.29) is 44.1 Å². The number of ether oxygens (including phenoxy) is 2.